The first-order valence-corrected chi connectivity index (χ1v) is 10.7. The molecule has 0 fully saturated rings. The van der Waals surface area contributed by atoms with Crippen molar-refractivity contribution in [2.45, 2.75) is 45.8 Å². The first-order valence-electron chi connectivity index (χ1n) is 10.7. The molecule has 1 heterocycles. The number of nitriles is 1. The molecular weight excluding hydrogens is 420 g/mol. The van der Waals surface area contributed by atoms with E-state index in [0.29, 0.717) is 34.4 Å². The molecule has 0 saturated heterocycles. The predicted molar refractivity (Wildman–Crippen MR) is 128 cm³/mol. The van der Waals surface area contributed by atoms with Crippen molar-refractivity contribution in [1.82, 2.24) is 9.55 Å². The summed E-state index contributed by atoms with van der Waals surface area (Å²) in [5, 5.41) is 24.9. The van der Waals surface area contributed by atoms with Gasteiger partial charge in [0.05, 0.1) is 34.8 Å². The summed E-state index contributed by atoms with van der Waals surface area (Å²) in [7, 11) is 1.72. The van der Waals surface area contributed by atoms with Crippen LogP contribution in [-0.2, 0) is 11.3 Å². The van der Waals surface area contributed by atoms with Crippen LogP contribution in [0.3, 0.4) is 0 Å². The highest BCUT2D eigenvalue weighted by Gasteiger charge is 2.21. The fraction of sp³-hybridized carbons (Fsp3) is 0.333. The second-order valence-corrected chi connectivity index (χ2v) is 8.48. The van der Waals surface area contributed by atoms with Crippen molar-refractivity contribution in [2.75, 3.05) is 22.6 Å². The number of carbonyl (C=O) groups is 2. The SMILES string of the molecule is CCCC(=O)N(C)c1ccc2c(c1)nc(NC(=O)Nc1cccc(C#N)c1)n2CC(C)(C)O. The molecule has 9 nitrogen and oxygen atoms in total. The number of imidazole rings is 1. The summed E-state index contributed by atoms with van der Waals surface area (Å²) in [6, 6.07) is 13.5. The average molecular weight is 449 g/mol. The third kappa shape index (κ3) is 5.87. The standard InChI is InChI=1S/C24H28N6O3/c1-5-7-21(31)29(4)18-10-11-20-19(13-18)27-22(30(20)15-24(2,3)33)28-23(32)26-17-9-6-8-16(12-17)14-25/h6,8-13,33H,5,7,15H2,1-4H3,(H2,26,27,28,32). The van der Waals surface area contributed by atoms with Gasteiger partial charge in [-0.05, 0) is 56.7 Å². The number of nitrogens with one attached hydrogen (secondary N) is 2. The summed E-state index contributed by atoms with van der Waals surface area (Å²) in [4.78, 5) is 31.1. The third-order valence-corrected chi connectivity index (χ3v) is 4.98. The molecule has 0 aliphatic rings. The van der Waals surface area contributed by atoms with Crippen molar-refractivity contribution in [3.05, 3.63) is 48.0 Å². The van der Waals surface area contributed by atoms with E-state index in [0.717, 1.165) is 6.42 Å². The van der Waals surface area contributed by atoms with Crippen LogP contribution in [-0.4, -0.2) is 39.2 Å². The molecule has 0 spiro atoms. The summed E-state index contributed by atoms with van der Waals surface area (Å²) < 4.78 is 1.72. The minimum atomic E-state index is -1.06. The molecule has 3 N–H and O–H groups in total. The molecule has 33 heavy (non-hydrogen) atoms. The van der Waals surface area contributed by atoms with E-state index in [2.05, 4.69) is 15.6 Å². The van der Waals surface area contributed by atoms with Gasteiger partial charge in [-0.2, -0.15) is 5.26 Å². The first-order chi connectivity index (χ1) is 15.6. The summed E-state index contributed by atoms with van der Waals surface area (Å²) in [6.45, 7) is 5.48. The Morgan fingerprint density at radius 3 is 2.64 bits per heavy atom. The Morgan fingerprint density at radius 2 is 1.97 bits per heavy atom. The molecule has 1 aromatic heterocycles. The zero-order valence-corrected chi connectivity index (χ0v) is 19.2. The number of fused-ring (bicyclic) bond motifs is 1. The van der Waals surface area contributed by atoms with E-state index in [-0.39, 0.29) is 18.4 Å². The van der Waals surface area contributed by atoms with E-state index in [1.165, 1.54) is 0 Å². The fourth-order valence-electron chi connectivity index (χ4n) is 3.43. The molecule has 0 saturated carbocycles. The maximum Gasteiger partial charge on any atom is 0.326 e. The van der Waals surface area contributed by atoms with Gasteiger partial charge in [0.2, 0.25) is 11.9 Å². The number of aliphatic hydroxyl groups is 1. The number of amides is 3. The number of carbonyl (C=O) groups excluding carboxylic acids is 2. The van der Waals surface area contributed by atoms with E-state index < -0.39 is 11.6 Å². The van der Waals surface area contributed by atoms with Gasteiger partial charge in [0.1, 0.15) is 0 Å². The number of rotatable bonds is 7. The van der Waals surface area contributed by atoms with Gasteiger partial charge in [0.15, 0.2) is 0 Å². The van der Waals surface area contributed by atoms with Crippen LogP contribution in [0.15, 0.2) is 42.5 Å². The zero-order chi connectivity index (χ0) is 24.2. The maximum atomic E-state index is 12.6. The molecule has 3 aromatic rings. The van der Waals surface area contributed by atoms with Gasteiger partial charge >= 0.3 is 6.03 Å². The molecule has 0 aliphatic heterocycles. The lowest BCUT2D eigenvalue weighted by Crippen LogP contribution is -2.28. The maximum absolute atomic E-state index is 12.6. The Hall–Kier alpha value is -3.90. The number of hydrogen-bond donors (Lipinski definition) is 3. The van der Waals surface area contributed by atoms with Crippen LogP contribution in [0.2, 0.25) is 0 Å². The molecule has 2 aromatic carbocycles. The van der Waals surface area contributed by atoms with Gasteiger partial charge in [-0.1, -0.05) is 13.0 Å². The van der Waals surface area contributed by atoms with Gasteiger partial charge in [0.25, 0.3) is 0 Å². The van der Waals surface area contributed by atoms with Crippen LogP contribution in [0.1, 0.15) is 39.2 Å². The van der Waals surface area contributed by atoms with Crippen LogP contribution in [0.25, 0.3) is 11.0 Å². The smallest absolute Gasteiger partial charge is 0.326 e. The Morgan fingerprint density at radius 1 is 1.21 bits per heavy atom. The Kier molecular flexibility index (Phi) is 6.99. The van der Waals surface area contributed by atoms with Crippen LogP contribution in [0, 0.1) is 11.3 Å². The molecule has 0 atom stereocenters. The van der Waals surface area contributed by atoms with Crippen molar-refractivity contribution in [2.24, 2.45) is 0 Å². The van der Waals surface area contributed by atoms with Gasteiger partial charge in [-0.15, -0.1) is 0 Å². The van der Waals surface area contributed by atoms with E-state index >= 15 is 0 Å². The van der Waals surface area contributed by atoms with Crippen molar-refractivity contribution in [3.63, 3.8) is 0 Å². The molecule has 172 valence electrons. The van der Waals surface area contributed by atoms with Crippen LogP contribution >= 0.6 is 0 Å². The quantitative estimate of drug-likeness (QED) is 0.502. The lowest BCUT2D eigenvalue weighted by molar-refractivity contribution is -0.118. The molecule has 3 rings (SSSR count). The normalized spacial score (nSPS) is 11.2. The number of benzene rings is 2. The Bertz CT molecular complexity index is 1220. The van der Waals surface area contributed by atoms with Gasteiger partial charge in [-0.3, -0.25) is 10.1 Å². The number of hydrogen-bond acceptors (Lipinski definition) is 5. The van der Waals surface area contributed by atoms with Crippen LogP contribution < -0.4 is 15.5 Å². The molecule has 0 aliphatic carbocycles. The highest BCUT2D eigenvalue weighted by molar-refractivity contribution is 6.00. The number of nitrogens with zero attached hydrogens (tertiary/aromatic N) is 4. The molecular formula is C24H28N6O3. The fourth-order valence-corrected chi connectivity index (χ4v) is 3.43. The van der Waals surface area contributed by atoms with Gasteiger partial charge in [0, 0.05) is 24.8 Å². The monoisotopic (exact) mass is 448 g/mol. The summed E-state index contributed by atoms with van der Waals surface area (Å²) >= 11 is 0. The molecule has 0 bridgehead atoms. The van der Waals surface area contributed by atoms with Gasteiger partial charge in [-0.25, -0.2) is 9.78 Å². The first kappa shape index (κ1) is 23.8. The van der Waals surface area contributed by atoms with Gasteiger partial charge < -0.3 is 19.9 Å². The summed E-state index contributed by atoms with van der Waals surface area (Å²) in [5.74, 6) is 0.255. The van der Waals surface area contributed by atoms with E-state index in [1.807, 2.05) is 25.1 Å². The molecule has 3 amide bonds. The largest absolute Gasteiger partial charge is 0.389 e. The van der Waals surface area contributed by atoms with Crippen molar-refractivity contribution >= 4 is 40.3 Å². The molecule has 0 unspecified atom stereocenters. The number of anilines is 3. The Balaban J connectivity index is 1.93. The highest BCUT2D eigenvalue weighted by atomic mass is 16.3. The van der Waals surface area contributed by atoms with E-state index in [9.17, 15) is 14.7 Å². The second kappa shape index (κ2) is 9.71. The highest BCUT2D eigenvalue weighted by Crippen LogP contribution is 2.27. The lowest BCUT2D eigenvalue weighted by atomic mass is 10.1. The minimum absolute atomic E-state index is 0.00472. The van der Waals surface area contributed by atoms with Crippen molar-refractivity contribution < 1.29 is 14.7 Å². The Labute approximate surface area is 192 Å². The zero-order valence-electron chi connectivity index (χ0n) is 19.2. The van der Waals surface area contributed by atoms with E-state index in [1.54, 1.807) is 60.7 Å². The summed E-state index contributed by atoms with van der Waals surface area (Å²) in [6.07, 6.45) is 1.20. The third-order valence-electron chi connectivity index (χ3n) is 4.98. The summed E-state index contributed by atoms with van der Waals surface area (Å²) in [5.41, 5.74) is 1.81. The van der Waals surface area contributed by atoms with Crippen LogP contribution in [0.4, 0.5) is 22.1 Å². The lowest BCUT2D eigenvalue weighted by Gasteiger charge is -2.20. The molecule has 9 heteroatoms. The number of aromatic nitrogens is 2. The second-order valence-electron chi connectivity index (χ2n) is 8.48. The van der Waals surface area contributed by atoms with E-state index in [4.69, 9.17) is 5.26 Å². The topological polar surface area (TPSA) is 123 Å². The molecule has 0 radical (unpaired) electrons. The predicted octanol–water partition coefficient (Wildman–Crippen LogP) is 4.09. The average Bonchev–Trinajstić information content (AvgIpc) is 3.07. The van der Waals surface area contributed by atoms with Crippen molar-refractivity contribution in [1.29, 1.82) is 5.26 Å². The number of urea groups is 1. The minimum Gasteiger partial charge on any atom is -0.389 e. The van der Waals surface area contributed by atoms with Crippen molar-refractivity contribution in [3.8, 4) is 6.07 Å². The van der Waals surface area contributed by atoms with Crippen LogP contribution in [0.5, 0.6) is 0 Å².